The van der Waals surface area contributed by atoms with Gasteiger partial charge in [-0.05, 0) is 19.3 Å². The van der Waals surface area contributed by atoms with Crippen molar-refractivity contribution in [1.82, 2.24) is 19.5 Å². The van der Waals surface area contributed by atoms with E-state index in [4.69, 9.17) is 5.73 Å². The zero-order valence-electron chi connectivity index (χ0n) is 9.77. The van der Waals surface area contributed by atoms with Gasteiger partial charge in [-0.2, -0.15) is 0 Å². The van der Waals surface area contributed by atoms with Gasteiger partial charge in [0.15, 0.2) is 11.5 Å². The SMILES string of the molecule is Nc1ncnc2c1ncn2[C@H]1CCC[C@H](O)[C@@H]1O. The van der Waals surface area contributed by atoms with E-state index in [1.807, 2.05) is 0 Å². The fourth-order valence-corrected chi connectivity index (χ4v) is 2.55. The molecular formula is C11H15N5O2. The summed E-state index contributed by atoms with van der Waals surface area (Å²) in [7, 11) is 0. The van der Waals surface area contributed by atoms with Crippen molar-refractivity contribution in [1.29, 1.82) is 0 Å². The van der Waals surface area contributed by atoms with Gasteiger partial charge in [-0.15, -0.1) is 0 Å². The van der Waals surface area contributed by atoms with Gasteiger partial charge in [-0.1, -0.05) is 0 Å². The van der Waals surface area contributed by atoms with Crippen LogP contribution in [0.15, 0.2) is 12.7 Å². The number of aliphatic hydroxyl groups is 2. The highest BCUT2D eigenvalue weighted by atomic mass is 16.3. The van der Waals surface area contributed by atoms with E-state index >= 15 is 0 Å². The molecule has 0 aliphatic heterocycles. The molecule has 7 nitrogen and oxygen atoms in total. The second kappa shape index (κ2) is 4.18. The van der Waals surface area contributed by atoms with Crippen molar-refractivity contribution < 1.29 is 10.2 Å². The average molecular weight is 249 g/mol. The summed E-state index contributed by atoms with van der Waals surface area (Å²) in [6.45, 7) is 0. The number of anilines is 1. The Morgan fingerprint density at radius 2 is 2.06 bits per heavy atom. The summed E-state index contributed by atoms with van der Waals surface area (Å²) in [5.41, 5.74) is 6.85. The van der Waals surface area contributed by atoms with Crippen LogP contribution < -0.4 is 5.73 Å². The number of aliphatic hydroxyl groups excluding tert-OH is 2. The summed E-state index contributed by atoms with van der Waals surface area (Å²) >= 11 is 0. The summed E-state index contributed by atoms with van der Waals surface area (Å²) in [6, 6.07) is -0.215. The fraction of sp³-hybridized carbons (Fsp3) is 0.545. The molecule has 18 heavy (non-hydrogen) atoms. The minimum Gasteiger partial charge on any atom is -0.390 e. The molecule has 0 bridgehead atoms. The number of hydrogen-bond donors (Lipinski definition) is 3. The van der Waals surface area contributed by atoms with Crippen LogP contribution in [0.25, 0.3) is 11.2 Å². The van der Waals surface area contributed by atoms with Crippen LogP contribution >= 0.6 is 0 Å². The lowest BCUT2D eigenvalue weighted by atomic mass is 9.90. The number of nitrogen functional groups attached to an aromatic ring is 1. The monoisotopic (exact) mass is 249 g/mol. The molecule has 0 spiro atoms. The van der Waals surface area contributed by atoms with Crippen LogP contribution in [-0.2, 0) is 0 Å². The van der Waals surface area contributed by atoms with Gasteiger partial charge in [-0.25, -0.2) is 15.0 Å². The van der Waals surface area contributed by atoms with Gasteiger partial charge in [0.2, 0.25) is 0 Å². The summed E-state index contributed by atoms with van der Waals surface area (Å²) in [5, 5.41) is 19.8. The van der Waals surface area contributed by atoms with Gasteiger partial charge in [0.1, 0.15) is 17.9 Å². The zero-order valence-corrected chi connectivity index (χ0v) is 9.77. The van der Waals surface area contributed by atoms with Crippen molar-refractivity contribution >= 4 is 17.0 Å². The van der Waals surface area contributed by atoms with Crippen LogP contribution in [0.5, 0.6) is 0 Å². The average Bonchev–Trinajstić information content (AvgIpc) is 2.78. The summed E-state index contributed by atoms with van der Waals surface area (Å²) < 4.78 is 1.78. The predicted molar refractivity (Wildman–Crippen MR) is 64.6 cm³/mol. The van der Waals surface area contributed by atoms with Gasteiger partial charge in [-0.3, -0.25) is 0 Å². The third-order valence-electron chi connectivity index (χ3n) is 3.53. The largest absolute Gasteiger partial charge is 0.390 e. The standard InChI is InChI=1S/C11H15N5O2/c12-10-8-11(14-4-13-10)16(5-15-8)6-2-1-3-7(17)9(6)18/h4-7,9,17-18H,1-3H2,(H2,12,13,14)/t6-,7-,9+/m0/s1. The molecule has 0 aromatic carbocycles. The van der Waals surface area contributed by atoms with Gasteiger partial charge < -0.3 is 20.5 Å². The highest BCUT2D eigenvalue weighted by Gasteiger charge is 2.32. The molecule has 7 heteroatoms. The molecule has 0 radical (unpaired) electrons. The van der Waals surface area contributed by atoms with Crippen LogP contribution in [0.1, 0.15) is 25.3 Å². The van der Waals surface area contributed by atoms with Gasteiger partial charge in [0, 0.05) is 0 Å². The maximum atomic E-state index is 10.1. The second-order valence-electron chi connectivity index (χ2n) is 4.64. The quantitative estimate of drug-likeness (QED) is 0.648. The molecular weight excluding hydrogens is 234 g/mol. The maximum absolute atomic E-state index is 10.1. The van der Waals surface area contributed by atoms with E-state index < -0.39 is 12.2 Å². The van der Waals surface area contributed by atoms with E-state index in [0.717, 1.165) is 12.8 Å². The molecule has 1 fully saturated rings. The lowest BCUT2D eigenvalue weighted by Crippen LogP contribution is -2.38. The topological polar surface area (TPSA) is 110 Å². The fourth-order valence-electron chi connectivity index (χ4n) is 2.55. The molecule has 2 heterocycles. The van der Waals surface area contributed by atoms with Gasteiger partial charge in [0.25, 0.3) is 0 Å². The Bertz CT molecular complexity index is 570. The Labute approximate surface area is 103 Å². The number of rotatable bonds is 1. The summed E-state index contributed by atoms with van der Waals surface area (Å²) in [4.78, 5) is 12.2. The Morgan fingerprint density at radius 3 is 2.89 bits per heavy atom. The Kier molecular flexibility index (Phi) is 2.64. The van der Waals surface area contributed by atoms with Gasteiger partial charge in [0.05, 0.1) is 18.5 Å². The van der Waals surface area contributed by atoms with E-state index in [-0.39, 0.29) is 6.04 Å². The van der Waals surface area contributed by atoms with Crippen molar-refractivity contribution in [2.75, 3.05) is 5.73 Å². The van der Waals surface area contributed by atoms with Crippen LogP contribution in [-0.4, -0.2) is 41.9 Å². The molecule has 3 rings (SSSR count). The van der Waals surface area contributed by atoms with Crippen molar-refractivity contribution in [2.24, 2.45) is 0 Å². The molecule has 2 aromatic heterocycles. The van der Waals surface area contributed by atoms with Crippen LogP contribution in [0.2, 0.25) is 0 Å². The lowest BCUT2D eigenvalue weighted by molar-refractivity contribution is -0.0387. The van der Waals surface area contributed by atoms with Gasteiger partial charge >= 0.3 is 0 Å². The lowest BCUT2D eigenvalue weighted by Gasteiger charge is -2.32. The molecule has 2 aromatic rings. The summed E-state index contributed by atoms with van der Waals surface area (Å²) in [5.74, 6) is 0.324. The molecule has 0 unspecified atom stereocenters. The predicted octanol–water partition coefficient (Wildman–Crippen LogP) is -0.145. The van der Waals surface area contributed by atoms with E-state index in [0.29, 0.717) is 23.4 Å². The number of nitrogens with two attached hydrogens (primary N) is 1. The molecule has 1 aliphatic rings. The highest BCUT2D eigenvalue weighted by molar-refractivity contribution is 5.81. The maximum Gasteiger partial charge on any atom is 0.165 e. The van der Waals surface area contributed by atoms with E-state index in [1.54, 1.807) is 10.9 Å². The van der Waals surface area contributed by atoms with Crippen LogP contribution in [0, 0.1) is 0 Å². The van der Waals surface area contributed by atoms with E-state index in [1.165, 1.54) is 6.33 Å². The number of aromatic nitrogens is 4. The van der Waals surface area contributed by atoms with Crippen molar-refractivity contribution in [3.8, 4) is 0 Å². The highest BCUT2D eigenvalue weighted by Crippen LogP contribution is 2.31. The van der Waals surface area contributed by atoms with Crippen LogP contribution in [0.4, 0.5) is 5.82 Å². The number of imidazole rings is 1. The van der Waals surface area contributed by atoms with Crippen molar-refractivity contribution in [3.05, 3.63) is 12.7 Å². The first-order valence-corrected chi connectivity index (χ1v) is 5.97. The Hall–Kier alpha value is -1.73. The Morgan fingerprint density at radius 1 is 1.22 bits per heavy atom. The third-order valence-corrected chi connectivity index (χ3v) is 3.53. The first kappa shape index (κ1) is 11.4. The Balaban J connectivity index is 2.06. The van der Waals surface area contributed by atoms with Crippen molar-refractivity contribution in [3.63, 3.8) is 0 Å². The number of fused-ring (bicyclic) bond motifs is 1. The molecule has 1 aliphatic carbocycles. The van der Waals surface area contributed by atoms with Crippen molar-refractivity contribution in [2.45, 2.75) is 37.5 Å². The smallest absolute Gasteiger partial charge is 0.165 e. The first-order chi connectivity index (χ1) is 8.68. The number of hydrogen-bond acceptors (Lipinski definition) is 6. The molecule has 0 amide bonds. The summed E-state index contributed by atoms with van der Waals surface area (Å²) in [6.07, 6.45) is 3.76. The van der Waals surface area contributed by atoms with E-state index in [2.05, 4.69) is 15.0 Å². The zero-order chi connectivity index (χ0) is 12.7. The number of nitrogens with zero attached hydrogens (tertiary/aromatic N) is 4. The molecule has 4 N–H and O–H groups in total. The minimum atomic E-state index is -0.799. The molecule has 3 atom stereocenters. The molecule has 0 saturated heterocycles. The minimum absolute atomic E-state index is 0.215. The first-order valence-electron chi connectivity index (χ1n) is 5.97. The third kappa shape index (κ3) is 1.63. The molecule has 96 valence electrons. The molecule has 1 saturated carbocycles. The van der Waals surface area contributed by atoms with Crippen LogP contribution in [0.3, 0.4) is 0 Å². The van der Waals surface area contributed by atoms with E-state index in [9.17, 15) is 10.2 Å². The second-order valence-corrected chi connectivity index (χ2v) is 4.64. The normalized spacial score (nSPS) is 28.7.